The van der Waals surface area contributed by atoms with E-state index in [-0.39, 0.29) is 23.3 Å². The fourth-order valence-corrected chi connectivity index (χ4v) is 1.86. The van der Waals surface area contributed by atoms with E-state index in [1.165, 1.54) is 12.1 Å². The van der Waals surface area contributed by atoms with E-state index in [4.69, 9.17) is 17.3 Å². The van der Waals surface area contributed by atoms with E-state index in [1.807, 2.05) is 0 Å². The summed E-state index contributed by atoms with van der Waals surface area (Å²) in [6.45, 7) is 0.224. The molecule has 1 amide bonds. The van der Waals surface area contributed by atoms with E-state index in [9.17, 15) is 9.18 Å². The molecule has 19 heavy (non-hydrogen) atoms. The Morgan fingerprint density at radius 2 is 2.00 bits per heavy atom. The van der Waals surface area contributed by atoms with Gasteiger partial charge in [-0.05, 0) is 29.8 Å². The van der Waals surface area contributed by atoms with Crippen molar-refractivity contribution >= 4 is 23.2 Å². The van der Waals surface area contributed by atoms with Crippen molar-refractivity contribution in [2.45, 2.75) is 6.54 Å². The smallest absolute Gasteiger partial charge is 0.253 e. The quantitative estimate of drug-likeness (QED) is 0.848. The first kappa shape index (κ1) is 13.4. The summed E-state index contributed by atoms with van der Waals surface area (Å²) in [6.07, 6.45) is 0. The van der Waals surface area contributed by atoms with Crippen molar-refractivity contribution in [1.29, 1.82) is 0 Å². The van der Waals surface area contributed by atoms with Crippen molar-refractivity contribution in [2.24, 2.45) is 0 Å². The first-order valence-corrected chi connectivity index (χ1v) is 6.02. The molecule has 0 aromatic heterocycles. The van der Waals surface area contributed by atoms with Crippen LogP contribution >= 0.6 is 11.6 Å². The van der Waals surface area contributed by atoms with E-state index < -0.39 is 0 Å². The van der Waals surface area contributed by atoms with Crippen LogP contribution < -0.4 is 11.1 Å². The summed E-state index contributed by atoms with van der Waals surface area (Å²) in [5.41, 5.74) is 6.95. The summed E-state index contributed by atoms with van der Waals surface area (Å²) < 4.78 is 13.0. The third-order valence-electron chi connectivity index (χ3n) is 2.62. The molecule has 0 spiro atoms. The molecule has 0 aliphatic heterocycles. The van der Waals surface area contributed by atoms with Gasteiger partial charge in [-0.2, -0.15) is 0 Å². The molecule has 3 nitrogen and oxygen atoms in total. The summed E-state index contributed by atoms with van der Waals surface area (Å²) in [4.78, 5) is 11.9. The Labute approximate surface area is 115 Å². The molecular formula is C14H12ClFN2O. The molecule has 0 bridgehead atoms. The summed E-state index contributed by atoms with van der Waals surface area (Å²) >= 11 is 5.95. The lowest BCUT2D eigenvalue weighted by molar-refractivity contribution is 0.0951. The first-order valence-electron chi connectivity index (χ1n) is 5.64. The fourth-order valence-electron chi connectivity index (χ4n) is 1.65. The molecule has 0 saturated heterocycles. The van der Waals surface area contributed by atoms with Crippen LogP contribution in [0.25, 0.3) is 0 Å². The molecule has 3 N–H and O–H groups in total. The lowest BCUT2D eigenvalue weighted by atomic mass is 10.1. The minimum absolute atomic E-state index is 0.222. The van der Waals surface area contributed by atoms with Crippen molar-refractivity contribution in [3.8, 4) is 0 Å². The summed E-state index contributed by atoms with van der Waals surface area (Å²) in [6, 6.07) is 10.9. The predicted molar refractivity (Wildman–Crippen MR) is 73.4 cm³/mol. The molecule has 0 heterocycles. The summed E-state index contributed by atoms with van der Waals surface area (Å²) in [5, 5.41) is 2.89. The highest BCUT2D eigenvalue weighted by Crippen LogP contribution is 2.22. The number of halogens is 2. The largest absolute Gasteiger partial charge is 0.398 e. The zero-order valence-corrected chi connectivity index (χ0v) is 10.7. The molecule has 0 unspecified atom stereocenters. The van der Waals surface area contributed by atoms with Gasteiger partial charge in [0.15, 0.2) is 0 Å². The molecule has 98 valence electrons. The zero-order valence-electron chi connectivity index (χ0n) is 9.99. The van der Waals surface area contributed by atoms with Crippen LogP contribution in [0.15, 0.2) is 42.5 Å². The summed E-state index contributed by atoms with van der Waals surface area (Å²) in [5.74, 6) is -0.685. The van der Waals surface area contributed by atoms with Crippen LogP contribution in [0, 0.1) is 5.82 Å². The topological polar surface area (TPSA) is 55.1 Å². The number of hydrogen-bond donors (Lipinski definition) is 2. The zero-order chi connectivity index (χ0) is 13.8. The van der Waals surface area contributed by atoms with E-state index >= 15 is 0 Å². The van der Waals surface area contributed by atoms with Gasteiger partial charge in [0.25, 0.3) is 5.91 Å². The maximum absolute atomic E-state index is 13.0. The maximum atomic E-state index is 13.0. The van der Waals surface area contributed by atoms with Gasteiger partial charge in [0.05, 0.1) is 16.3 Å². The average Bonchev–Trinajstić information content (AvgIpc) is 2.39. The van der Waals surface area contributed by atoms with Crippen LogP contribution in [0.3, 0.4) is 0 Å². The number of carbonyl (C=O) groups is 1. The number of amides is 1. The second-order valence-electron chi connectivity index (χ2n) is 4.02. The normalized spacial score (nSPS) is 10.2. The molecular weight excluding hydrogens is 267 g/mol. The molecule has 2 aromatic rings. The van der Waals surface area contributed by atoms with E-state index in [0.29, 0.717) is 16.8 Å². The van der Waals surface area contributed by atoms with E-state index in [1.54, 1.807) is 30.3 Å². The van der Waals surface area contributed by atoms with E-state index in [0.717, 1.165) is 0 Å². The Morgan fingerprint density at radius 3 is 2.74 bits per heavy atom. The van der Waals surface area contributed by atoms with Crippen molar-refractivity contribution in [2.75, 3.05) is 5.73 Å². The Kier molecular flexibility index (Phi) is 4.02. The van der Waals surface area contributed by atoms with Gasteiger partial charge in [0, 0.05) is 6.54 Å². The minimum atomic E-state index is -0.346. The average molecular weight is 279 g/mol. The first-order chi connectivity index (χ1) is 9.08. The predicted octanol–water partition coefficient (Wildman–Crippen LogP) is 2.99. The van der Waals surface area contributed by atoms with Gasteiger partial charge >= 0.3 is 0 Å². The third-order valence-corrected chi connectivity index (χ3v) is 3.04. The van der Waals surface area contributed by atoms with E-state index in [2.05, 4.69) is 5.32 Å². The number of benzene rings is 2. The Morgan fingerprint density at radius 1 is 1.26 bits per heavy atom. The number of rotatable bonds is 3. The fraction of sp³-hybridized carbons (Fsp3) is 0.0714. The van der Waals surface area contributed by atoms with Crippen LogP contribution in [0.1, 0.15) is 15.9 Å². The van der Waals surface area contributed by atoms with Crippen molar-refractivity contribution < 1.29 is 9.18 Å². The van der Waals surface area contributed by atoms with Crippen LogP contribution in [0.5, 0.6) is 0 Å². The van der Waals surface area contributed by atoms with Crippen LogP contribution in [-0.4, -0.2) is 5.91 Å². The highest BCUT2D eigenvalue weighted by atomic mass is 35.5. The molecule has 2 rings (SSSR count). The van der Waals surface area contributed by atoms with Crippen LogP contribution in [0.4, 0.5) is 10.1 Å². The van der Waals surface area contributed by atoms with Crippen molar-refractivity contribution in [1.82, 2.24) is 5.32 Å². The van der Waals surface area contributed by atoms with Gasteiger partial charge in [-0.3, -0.25) is 4.79 Å². The molecule has 0 aliphatic carbocycles. The number of hydrogen-bond acceptors (Lipinski definition) is 2. The van der Waals surface area contributed by atoms with Gasteiger partial charge in [-0.25, -0.2) is 4.39 Å². The van der Waals surface area contributed by atoms with Crippen LogP contribution in [-0.2, 0) is 6.54 Å². The highest BCUT2D eigenvalue weighted by molar-refractivity contribution is 6.36. The number of nitrogens with one attached hydrogen (secondary N) is 1. The van der Waals surface area contributed by atoms with Crippen molar-refractivity contribution in [3.05, 3.63) is 64.4 Å². The Hall–Kier alpha value is -2.07. The van der Waals surface area contributed by atoms with Crippen molar-refractivity contribution in [3.63, 3.8) is 0 Å². The maximum Gasteiger partial charge on any atom is 0.253 e. The second-order valence-corrected chi connectivity index (χ2v) is 4.40. The standard InChI is InChI=1S/C14H12ClFN2O/c15-13-11(5-2-6-12(13)17)14(19)18-8-9-3-1-4-10(16)7-9/h1-7H,8,17H2,(H,18,19). The number of nitrogens with two attached hydrogens (primary N) is 1. The third kappa shape index (κ3) is 3.23. The number of carbonyl (C=O) groups excluding carboxylic acids is 1. The monoisotopic (exact) mass is 278 g/mol. The van der Waals surface area contributed by atoms with Gasteiger partial charge in [-0.15, -0.1) is 0 Å². The molecule has 0 radical (unpaired) electrons. The van der Waals surface area contributed by atoms with Crippen LogP contribution in [0.2, 0.25) is 5.02 Å². The molecule has 0 atom stereocenters. The lowest BCUT2D eigenvalue weighted by Gasteiger charge is -2.08. The van der Waals surface area contributed by atoms with Gasteiger partial charge in [0.1, 0.15) is 5.82 Å². The summed E-state index contributed by atoms with van der Waals surface area (Å²) in [7, 11) is 0. The Balaban J connectivity index is 2.08. The lowest BCUT2D eigenvalue weighted by Crippen LogP contribution is -2.23. The number of anilines is 1. The molecule has 5 heteroatoms. The number of nitrogen functional groups attached to an aromatic ring is 1. The van der Waals surface area contributed by atoms with Gasteiger partial charge in [-0.1, -0.05) is 29.8 Å². The molecule has 0 aliphatic rings. The van der Waals surface area contributed by atoms with Gasteiger partial charge < -0.3 is 11.1 Å². The molecule has 0 fully saturated rings. The van der Waals surface area contributed by atoms with Gasteiger partial charge in [0.2, 0.25) is 0 Å². The second kappa shape index (κ2) is 5.71. The SMILES string of the molecule is Nc1cccc(C(=O)NCc2cccc(F)c2)c1Cl. The molecule has 0 saturated carbocycles. The minimum Gasteiger partial charge on any atom is -0.398 e. The molecule has 2 aromatic carbocycles. The highest BCUT2D eigenvalue weighted by Gasteiger charge is 2.11. The Bertz CT molecular complexity index is 616.